The Bertz CT molecular complexity index is 689. The van der Waals surface area contributed by atoms with Gasteiger partial charge in [-0.3, -0.25) is 9.59 Å². The predicted octanol–water partition coefficient (Wildman–Crippen LogP) is 3.66. The van der Waals surface area contributed by atoms with Crippen molar-refractivity contribution in [3.8, 4) is 0 Å². The number of carbonyl (C=O) groups is 2. The van der Waals surface area contributed by atoms with Crippen LogP contribution in [0.4, 0.5) is 11.4 Å². The Labute approximate surface area is 153 Å². The Hall–Kier alpha value is -2.31. The Kier molecular flexibility index (Phi) is 7.67. The Morgan fingerprint density at radius 3 is 2.28 bits per heavy atom. The molecule has 0 radical (unpaired) electrons. The van der Waals surface area contributed by atoms with Gasteiger partial charge < -0.3 is 20.8 Å². The van der Waals surface area contributed by atoms with Crippen LogP contribution in [0.5, 0.6) is 0 Å². The van der Waals surface area contributed by atoms with E-state index in [9.17, 15) is 9.59 Å². The molecule has 2 rings (SSSR count). The highest BCUT2D eigenvalue weighted by molar-refractivity contribution is 6.04. The van der Waals surface area contributed by atoms with Gasteiger partial charge in [-0.15, -0.1) is 12.4 Å². The summed E-state index contributed by atoms with van der Waals surface area (Å²) in [5, 5.41) is 5.66. The zero-order chi connectivity index (χ0) is 17.6. The van der Waals surface area contributed by atoms with Gasteiger partial charge in [0.1, 0.15) is 6.26 Å². The molecule has 0 unspecified atom stereocenters. The van der Waals surface area contributed by atoms with E-state index in [-0.39, 0.29) is 24.2 Å². The molecule has 0 atom stereocenters. The van der Waals surface area contributed by atoms with Crippen LogP contribution < -0.4 is 16.4 Å². The molecule has 1 aromatic heterocycles. The van der Waals surface area contributed by atoms with Crippen LogP contribution in [0.25, 0.3) is 0 Å². The van der Waals surface area contributed by atoms with E-state index in [1.165, 1.54) is 12.5 Å². The van der Waals surface area contributed by atoms with Gasteiger partial charge in [0.15, 0.2) is 0 Å². The number of benzene rings is 1. The van der Waals surface area contributed by atoms with Crippen molar-refractivity contribution in [2.24, 2.45) is 11.1 Å². The first kappa shape index (κ1) is 20.7. The number of nitrogens with two attached hydrogens (primary N) is 1. The summed E-state index contributed by atoms with van der Waals surface area (Å²) in [6, 6.07) is 8.59. The maximum atomic E-state index is 12.6. The van der Waals surface area contributed by atoms with Gasteiger partial charge in [-0.2, -0.15) is 0 Å². The summed E-state index contributed by atoms with van der Waals surface area (Å²) in [5.74, 6) is -0.376. The van der Waals surface area contributed by atoms with Crippen molar-refractivity contribution < 1.29 is 14.0 Å². The minimum atomic E-state index is -0.573. The van der Waals surface area contributed by atoms with Crippen molar-refractivity contribution in [3.63, 3.8) is 0 Å². The molecule has 0 bridgehead atoms. The fourth-order valence-corrected chi connectivity index (χ4v) is 2.49. The SMILES string of the molecule is CCC(CC)(CN)C(=O)Nc1cccc(NC(=O)c2ccoc2)c1.Cl. The highest BCUT2D eigenvalue weighted by Gasteiger charge is 2.33. The molecule has 1 heterocycles. The predicted molar refractivity (Wildman–Crippen MR) is 101 cm³/mol. The summed E-state index contributed by atoms with van der Waals surface area (Å²) in [7, 11) is 0. The number of halogens is 1. The van der Waals surface area contributed by atoms with Crippen LogP contribution in [0.15, 0.2) is 47.3 Å². The van der Waals surface area contributed by atoms with E-state index in [0.29, 0.717) is 36.3 Å². The second kappa shape index (κ2) is 9.25. The molecule has 1 aromatic carbocycles. The van der Waals surface area contributed by atoms with E-state index >= 15 is 0 Å². The van der Waals surface area contributed by atoms with Gasteiger partial charge >= 0.3 is 0 Å². The number of anilines is 2. The second-order valence-corrected chi connectivity index (χ2v) is 5.69. The zero-order valence-corrected chi connectivity index (χ0v) is 15.2. The number of carbonyl (C=O) groups excluding carboxylic acids is 2. The number of furan rings is 1. The lowest BCUT2D eigenvalue weighted by atomic mass is 9.81. The molecule has 0 spiro atoms. The standard InChI is InChI=1S/C18H23N3O3.ClH/c1-3-18(4-2,12-19)17(23)21-15-7-5-6-14(10-15)20-16(22)13-8-9-24-11-13;/h5-11H,3-4,12,19H2,1-2H3,(H,20,22)(H,21,23);1H. The van der Waals surface area contributed by atoms with E-state index in [0.717, 1.165) is 0 Å². The molecular weight excluding hydrogens is 342 g/mol. The average molecular weight is 366 g/mol. The van der Waals surface area contributed by atoms with Crippen LogP contribution in [-0.2, 0) is 4.79 Å². The van der Waals surface area contributed by atoms with Gasteiger partial charge in [0.2, 0.25) is 5.91 Å². The van der Waals surface area contributed by atoms with E-state index in [1.807, 2.05) is 13.8 Å². The average Bonchev–Trinajstić information content (AvgIpc) is 3.12. The third-order valence-corrected chi connectivity index (χ3v) is 4.39. The summed E-state index contributed by atoms with van der Waals surface area (Å²) >= 11 is 0. The van der Waals surface area contributed by atoms with Crippen molar-refractivity contribution in [3.05, 3.63) is 48.4 Å². The number of hydrogen-bond donors (Lipinski definition) is 3. The first-order valence-corrected chi connectivity index (χ1v) is 7.99. The molecule has 0 aliphatic carbocycles. The largest absolute Gasteiger partial charge is 0.472 e. The van der Waals surface area contributed by atoms with Gasteiger partial charge in [0, 0.05) is 17.9 Å². The molecule has 0 saturated carbocycles. The Morgan fingerprint density at radius 2 is 1.76 bits per heavy atom. The zero-order valence-electron chi connectivity index (χ0n) is 14.4. The summed E-state index contributed by atoms with van der Waals surface area (Å²) in [6.45, 7) is 4.21. The first-order valence-electron chi connectivity index (χ1n) is 7.99. The summed E-state index contributed by atoms with van der Waals surface area (Å²) in [6.07, 6.45) is 4.15. The number of rotatable bonds is 7. The highest BCUT2D eigenvalue weighted by atomic mass is 35.5. The molecule has 136 valence electrons. The molecule has 0 saturated heterocycles. The molecule has 0 fully saturated rings. The Balaban J connectivity index is 0.00000312. The van der Waals surface area contributed by atoms with Crippen LogP contribution >= 0.6 is 12.4 Å². The van der Waals surface area contributed by atoms with Crippen molar-refractivity contribution in [2.45, 2.75) is 26.7 Å². The van der Waals surface area contributed by atoms with Gasteiger partial charge in [0.25, 0.3) is 5.91 Å². The molecule has 2 aromatic rings. The summed E-state index contributed by atoms with van der Waals surface area (Å²) < 4.78 is 4.89. The number of nitrogens with one attached hydrogen (secondary N) is 2. The first-order chi connectivity index (χ1) is 11.5. The Morgan fingerprint density at radius 1 is 1.12 bits per heavy atom. The minimum Gasteiger partial charge on any atom is -0.472 e. The molecule has 0 aliphatic rings. The lowest BCUT2D eigenvalue weighted by molar-refractivity contribution is -0.125. The van der Waals surface area contributed by atoms with Crippen LogP contribution in [-0.4, -0.2) is 18.4 Å². The lowest BCUT2D eigenvalue weighted by Gasteiger charge is -2.28. The molecule has 0 aliphatic heterocycles. The number of hydrogen-bond acceptors (Lipinski definition) is 4. The van der Waals surface area contributed by atoms with E-state index in [2.05, 4.69) is 10.6 Å². The highest BCUT2D eigenvalue weighted by Crippen LogP contribution is 2.27. The molecule has 25 heavy (non-hydrogen) atoms. The van der Waals surface area contributed by atoms with Crippen molar-refractivity contribution in [1.82, 2.24) is 0 Å². The van der Waals surface area contributed by atoms with Gasteiger partial charge in [-0.25, -0.2) is 0 Å². The van der Waals surface area contributed by atoms with Gasteiger partial charge in [-0.05, 0) is 37.1 Å². The maximum absolute atomic E-state index is 12.6. The van der Waals surface area contributed by atoms with Gasteiger partial charge in [0.05, 0.1) is 17.2 Å². The van der Waals surface area contributed by atoms with Crippen molar-refractivity contribution in [2.75, 3.05) is 17.2 Å². The third kappa shape index (κ3) is 4.84. The molecule has 2 amide bonds. The van der Waals surface area contributed by atoms with Gasteiger partial charge in [-0.1, -0.05) is 19.9 Å². The molecule has 6 nitrogen and oxygen atoms in total. The van der Waals surface area contributed by atoms with Crippen LogP contribution in [0.1, 0.15) is 37.0 Å². The van der Waals surface area contributed by atoms with Crippen LogP contribution in [0.3, 0.4) is 0 Å². The smallest absolute Gasteiger partial charge is 0.258 e. The normalized spacial score (nSPS) is 10.7. The van der Waals surface area contributed by atoms with Crippen molar-refractivity contribution >= 4 is 35.6 Å². The van der Waals surface area contributed by atoms with Crippen LogP contribution in [0.2, 0.25) is 0 Å². The van der Waals surface area contributed by atoms with E-state index in [4.69, 9.17) is 10.2 Å². The monoisotopic (exact) mass is 365 g/mol. The lowest BCUT2D eigenvalue weighted by Crippen LogP contribution is -2.41. The molecular formula is C18H24ClN3O3. The van der Waals surface area contributed by atoms with Crippen molar-refractivity contribution in [1.29, 1.82) is 0 Å². The summed E-state index contributed by atoms with van der Waals surface area (Å²) in [4.78, 5) is 24.6. The topological polar surface area (TPSA) is 97.4 Å². The fraction of sp³-hybridized carbons (Fsp3) is 0.333. The molecule has 7 heteroatoms. The van der Waals surface area contributed by atoms with E-state index in [1.54, 1.807) is 30.3 Å². The summed E-state index contributed by atoms with van der Waals surface area (Å²) in [5.41, 5.74) is 6.87. The van der Waals surface area contributed by atoms with Crippen LogP contribution in [0, 0.1) is 5.41 Å². The van der Waals surface area contributed by atoms with E-state index < -0.39 is 5.41 Å². The molecule has 4 N–H and O–H groups in total. The second-order valence-electron chi connectivity index (χ2n) is 5.69. The number of amides is 2. The minimum absolute atomic E-state index is 0. The third-order valence-electron chi connectivity index (χ3n) is 4.39. The maximum Gasteiger partial charge on any atom is 0.258 e. The quantitative estimate of drug-likeness (QED) is 0.697. The fourth-order valence-electron chi connectivity index (χ4n) is 2.49.